The van der Waals surface area contributed by atoms with Crippen molar-refractivity contribution in [2.24, 2.45) is 0 Å². The number of thiocarbonyl (C=S) groups is 1. The number of benzene rings is 1. The highest BCUT2D eigenvalue weighted by molar-refractivity contribution is 9.10. The Kier molecular flexibility index (Phi) is 6.38. The Morgan fingerprint density at radius 3 is 2.87 bits per heavy atom. The summed E-state index contributed by atoms with van der Waals surface area (Å²) in [6, 6.07) is 6.64. The lowest BCUT2D eigenvalue weighted by molar-refractivity contribution is -0.145. The van der Waals surface area contributed by atoms with Gasteiger partial charge in [-0.3, -0.25) is 9.69 Å². The van der Waals surface area contributed by atoms with Gasteiger partial charge in [-0.25, -0.2) is 4.79 Å². The first-order valence-electron chi connectivity index (χ1n) is 7.19. The van der Waals surface area contributed by atoms with Crippen molar-refractivity contribution in [1.82, 2.24) is 4.90 Å². The highest BCUT2D eigenvalue weighted by Gasteiger charge is 2.40. The summed E-state index contributed by atoms with van der Waals surface area (Å²) in [5, 5.41) is 9.42. The van der Waals surface area contributed by atoms with Gasteiger partial charge in [-0.2, -0.15) is 0 Å². The maximum Gasteiger partial charge on any atom is 0.326 e. The van der Waals surface area contributed by atoms with Crippen LogP contribution < -0.4 is 0 Å². The molecule has 1 atom stereocenters. The minimum absolute atomic E-state index is 0.305. The molecule has 0 aliphatic carbocycles. The van der Waals surface area contributed by atoms with E-state index in [1.165, 1.54) is 4.90 Å². The molecule has 7 heteroatoms. The number of carboxylic acids is 1. The minimum Gasteiger partial charge on any atom is -0.480 e. The predicted octanol–water partition coefficient (Wildman–Crippen LogP) is 4.29. The number of nitrogens with zero attached hydrogens (tertiary/aromatic N) is 1. The number of carbonyl (C=O) groups excluding carboxylic acids is 1. The number of halogens is 1. The molecule has 23 heavy (non-hydrogen) atoms. The van der Waals surface area contributed by atoms with E-state index < -0.39 is 12.0 Å². The Labute approximate surface area is 153 Å². The number of unbranched alkanes of at least 4 members (excludes halogenated alkanes) is 1. The molecule has 0 radical (unpaired) electrons. The average Bonchev–Trinajstić information content (AvgIpc) is 2.75. The average molecular weight is 414 g/mol. The van der Waals surface area contributed by atoms with Crippen molar-refractivity contribution >= 4 is 62.2 Å². The summed E-state index contributed by atoms with van der Waals surface area (Å²) < 4.78 is 1.22. The third-order valence-corrected chi connectivity index (χ3v) is 5.22. The van der Waals surface area contributed by atoms with Crippen molar-refractivity contribution in [3.8, 4) is 0 Å². The normalized spacial score (nSPS) is 17.8. The number of thioether (sulfide) groups is 1. The molecule has 1 aliphatic heterocycles. The zero-order chi connectivity index (χ0) is 17.0. The number of aliphatic carboxylic acids is 1. The smallest absolute Gasteiger partial charge is 0.326 e. The molecule has 0 saturated carbocycles. The van der Waals surface area contributed by atoms with Crippen molar-refractivity contribution < 1.29 is 14.7 Å². The quantitative estimate of drug-likeness (QED) is 0.556. The number of rotatable bonds is 6. The summed E-state index contributed by atoms with van der Waals surface area (Å²) in [6.45, 7) is 1.98. The summed E-state index contributed by atoms with van der Waals surface area (Å²) in [5.74, 6) is -1.35. The molecule has 0 spiro atoms. The van der Waals surface area contributed by atoms with E-state index in [4.69, 9.17) is 12.2 Å². The summed E-state index contributed by atoms with van der Waals surface area (Å²) in [6.07, 6.45) is 3.75. The van der Waals surface area contributed by atoms with Crippen molar-refractivity contribution in [1.29, 1.82) is 0 Å². The standard InChI is InChI=1S/C16H16BrNO3S2/c1-2-3-7-12(15(20)21)18-14(19)13(23-16(18)22)9-10-5-4-6-11(17)8-10/h4-6,8-9,12H,2-3,7H2,1H3,(H,20,21). The van der Waals surface area contributed by atoms with E-state index in [1.807, 2.05) is 31.2 Å². The van der Waals surface area contributed by atoms with Crippen LogP contribution in [-0.4, -0.2) is 32.2 Å². The van der Waals surface area contributed by atoms with Gasteiger partial charge in [0.1, 0.15) is 10.4 Å². The van der Waals surface area contributed by atoms with Gasteiger partial charge >= 0.3 is 5.97 Å². The maximum atomic E-state index is 12.6. The Morgan fingerprint density at radius 2 is 2.26 bits per heavy atom. The third kappa shape index (κ3) is 4.43. The van der Waals surface area contributed by atoms with Gasteiger partial charge in [0, 0.05) is 4.47 Å². The van der Waals surface area contributed by atoms with Gasteiger partial charge in [-0.05, 0) is 30.2 Å². The van der Waals surface area contributed by atoms with Gasteiger partial charge in [-0.1, -0.05) is 71.8 Å². The SMILES string of the molecule is CCCCC(C(=O)O)N1C(=O)C(=Cc2cccc(Br)c2)SC1=S. The van der Waals surface area contributed by atoms with E-state index in [0.717, 1.165) is 34.6 Å². The topological polar surface area (TPSA) is 57.6 Å². The molecule has 1 N–H and O–H groups in total. The van der Waals surface area contributed by atoms with Crippen LogP contribution in [0.2, 0.25) is 0 Å². The van der Waals surface area contributed by atoms with Crippen molar-refractivity contribution in [2.75, 3.05) is 0 Å². The van der Waals surface area contributed by atoms with E-state index in [9.17, 15) is 14.7 Å². The lowest BCUT2D eigenvalue weighted by Crippen LogP contribution is -2.43. The highest BCUT2D eigenvalue weighted by atomic mass is 79.9. The summed E-state index contributed by atoms with van der Waals surface area (Å²) in [4.78, 5) is 25.8. The predicted molar refractivity (Wildman–Crippen MR) is 100 cm³/mol. The van der Waals surface area contributed by atoms with Crippen molar-refractivity contribution in [3.05, 3.63) is 39.2 Å². The van der Waals surface area contributed by atoms with Gasteiger partial charge in [0.15, 0.2) is 0 Å². The number of amides is 1. The zero-order valence-electron chi connectivity index (χ0n) is 12.5. The van der Waals surface area contributed by atoms with Crippen LogP contribution in [0.3, 0.4) is 0 Å². The molecule has 4 nitrogen and oxygen atoms in total. The molecule has 1 fully saturated rings. The highest BCUT2D eigenvalue weighted by Crippen LogP contribution is 2.35. The van der Waals surface area contributed by atoms with Gasteiger partial charge < -0.3 is 5.11 Å². The Hall–Kier alpha value is -1.18. The molecule has 122 valence electrons. The van der Waals surface area contributed by atoms with E-state index in [-0.39, 0.29) is 5.91 Å². The molecular formula is C16H16BrNO3S2. The fraction of sp³-hybridized carbons (Fsp3) is 0.312. The van der Waals surface area contributed by atoms with E-state index in [2.05, 4.69) is 15.9 Å². The first kappa shape index (κ1) is 18.2. The third-order valence-electron chi connectivity index (χ3n) is 3.40. The second-order valence-corrected chi connectivity index (χ2v) is 7.69. The van der Waals surface area contributed by atoms with E-state index in [0.29, 0.717) is 15.6 Å². The molecule has 1 aliphatic rings. The Morgan fingerprint density at radius 1 is 1.52 bits per heavy atom. The minimum atomic E-state index is -1.02. The maximum absolute atomic E-state index is 12.6. The first-order valence-corrected chi connectivity index (χ1v) is 9.21. The molecule has 1 aromatic rings. The van der Waals surface area contributed by atoms with Crippen LogP contribution in [-0.2, 0) is 9.59 Å². The molecule has 2 rings (SSSR count). The monoisotopic (exact) mass is 413 g/mol. The van der Waals surface area contributed by atoms with Crippen LogP contribution in [0.5, 0.6) is 0 Å². The number of carbonyl (C=O) groups is 2. The largest absolute Gasteiger partial charge is 0.480 e. The summed E-state index contributed by atoms with van der Waals surface area (Å²) >= 11 is 9.78. The lowest BCUT2D eigenvalue weighted by Gasteiger charge is -2.22. The first-order chi connectivity index (χ1) is 10.9. The van der Waals surface area contributed by atoms with Crippen LogP contribution in [0.15, 0.2) is 33.6 Å². The molecule has 0 aromatic heterocycles. The summed E-state index contributed by atoms with van der Waals surface area (Å²) in [5.41, 5.74) is 0.861. The molecule has 0 bridgehead atoms. The van der Waals surface area contributed by atoms with Gasteiger partial charge in [-0.15, -0.1) is 0 Å². The van der Waals surface area contributed by atoms with Crippen LogP contribution in [0.25, 0.3) is 6.08 Å². The zero-order valence-corrected chi connectivity index (χ0v) is 15.7. The van der Waals surface area contributed by atoms with Gasteiger partial charge in [0.2, 0.25) is 0 Å². The molecule has 1 heterocycles. The van der Waals surface area contributed by atoms with Crippen LogP contribution >= 0.6 is 39.9 Å². The van der Waals surface area contributed by atoms with Crippen LogP contribution in [0.4, 0.5) is 0 Å². The number of hydrogen-bond donors (Lipinski definition) is 1. The second-order valence-electron chi connectivity index (χ2n) is 5.10. The van der Waals surface area contributed by atoms with Gasteiger partial charge in [0.05, 0.1) is 4.91 Å². The Bertz CT molecular complexity index is 675. The summed E-state index contributed by atoms with van der Waals surface area (Å²) in [7, 11) is 0. The fourth-order valence-electron chi connectivity index (χ4n) is 2.26. The molecule has 1 aromatic carbocycles. The van der Waals surface area contributed by atoms with Gasteiger partial charge in [0.25, 0.3) is 5.91 Å². The molecule has 1 amide bonds. The Balaban J connectivity index is 2.26. The second kappa shape index (κ2) is 8.08. The van der Waals surface area contributed by atoms with Crippen molar-refractivity contribution in [3.63, 3.8) is 0 Å². The number of hydrogen-bond acceptors (Lipinski definition) is 4. The van der Waals surface area contributed by atoms with Crippen LogP contribution in [0.1, 0.15) is 31.7 Å². The van der Waals surface area contributed by atoms with Crippen molar-refractivity contribution in [2.45, 2.75) is 32.2 Å². The molecule has 1 saturated heterocycles. The van der Waals surface area contributed by atoms with Crippen LogP contribution in [0, 0.1) is 0 Å². The molecular weight excluding hydrogens is 398 g/mol. The van der Waals surface area contributed by atoms with E-state index >= 15 is 0 Å². The van der Waals surface area contributed by atoms with E-state index in [1.54, 1.807) is 6.08 Å². The number of carboxylic acid groups (broad SMARTS) is 1. The fourth-order valence-corrected chi connectivity index (χ4v) is 4.03. The lowest BCUT2D eigenvalue weighted by atomic mass is 10.1. The molecule has 1 unspecified atom stereocenters.